The van der Waals surface area contributed by atoms with Gasteiger partial charge in [-0.25, -0.2) is 0 Å². The molecule has 0 saturated heterocycles. The summed E-state index contributed by atoms with van der Waals surface area (Å²) < 4.78 is 6.12. The molecule has 2 aromatic carbocycles. The minimum absolute atomic E-state index is 0.305. The average Bonchev–Trinajstić information content (AvgIpc) is 3.12. The molecule has 0 unspecified atom stereocenters. The molecule has 2 N–H and O–H groups in total. The van der Waals surface area contributed by atoms with Crippen LogP contribution in [0, 0.1) is 0 Å². The summed E-state index contributed by atoms with van der Waals surface area (Å²) in [5, 5.41) is 13.6. The van der Waals surface area contributed by atoms with Gasteiger partial charge in [-0.1, -0.05) is 42.5 Å². The van der Waals surface area contributed by atoms with Gasteiger partial charge in [0.15, 0.2) is 5.65 Å². The summed E-state index contributed by atoms with van der Waals surface area (Å²) in [6.07, 6.45) is 0.988. The summed E-state index contributed by atoms with van der Waals surface area (Å²) in [4.78, 5) is 3.44. The maximum atomic E-state index is 6.12. The number of nitrogens with zero attached hydrogens (tertiary/aromatic N) is 2. The van der Waals surface area contributed by atoms with Crippen LogP contribution in [0.2, 0.25) is 0 Å². The smallest absolute Gasteiger partial charge is 0.160 e. The van der Waals surface area contributed by atoms with E-state index >= 15 is 0 Å². The van der Waals surface area contributed by atoms with Gasteiger partial charge in [-0.2, -0.15) is 0 Å². The predicted molar refractivity (Wildman–Crippen MR) is 110 cm³/mol. The van der Waals surface area contributed by atoms with E-state index in [9.17, 15) is 0 Å². The summed E-state index contributed by atoms with van der Waals surface area (Å²) in [6, 6.07) is 20.6. The van der Waals surface area contributed by atoms with E-state index in [1.54, 1.807) is 0 Å². The molecule has 140 valence electrons. The molecule has 5 rings (SSSR count). The summed E-state index contributed by atoms with van der Waals surface area (Å²) in [5.41, 5.74) is 6.35. The Balaban J connectivity index is 1.52. The van der Waals surface area contributed by atoms with Crippen molar-refractivity contribution in [3.63, 3.8) is 0 Å². The fourth-order valence-corrected chi connectivity index (χ4v) is 3.94. The van der Waals surface area contributed by atoms with Crippen LogP contribution in [0.25, 0.3) is 22.3 Å². The molecule has 0 fully saturated rings. The maximum Gasteiger partial charge on any atom is 0.160 e. The van der Waals surface area contributed by atoms with Crippen LogP contribution in [-0.2, 0) is 13.0 Å². The molecule has 4 aromatic rings. The first kappa shape index (κ1) is 17.0. The van der Waals surface area contributed by atoms with Gasteiger partial charge in [-0.15, -0.1) is 10.2 Å². The second-order valence-corrected chi connectivity index (χ2v) is 7.21. The third-order valence-electron chi connectivity index (χ3n) is 5.34. The number of para-hydroxylation sites is 1. The lowest BCUT2D eigenvalue weighted by molar-refractivity contribution is 0.307. The molecule has 0 radical (unpaired) electrons. The second kappa shape index (κ2) is 7.09. The molecule has 5 heteroatoms. The quantitative estimate of drug-likeness (QED) is 0.558. The van der Waals surface area contributed by atoms with Gasteiger partial charge in [0, 0.05) is 35.7 Å². The van der Waals surface area contributed by atoms with Crippen LogP contribution >= 0.6 is 0 Å². The van der Waals surface area contributed by atoms with Gasteiger partial charge in [0.25, 0.3) is 0 Å². The molecule has 0 bridgehead atoms. The minimum atomic E-state index is 0.305. The van der Waals surface area contributed by atoms with E-state index < -0.39 is 0 Å². The Morgan fingerprint density at radius 3 is 2.75 bits per heavy atom. The minimum Gasteiger partial charge on any atom is -0.488 e. The lowest BCUT2D eigenvalue weighted by Gasteiger charge is -2.20. The van der Waals surface area contributed by atoms with E-state index in [0.29, 0.717) is 12.6 Å². The van der Waals surface area contributed by atoms with Crippen molar-refractivity contribution in [2.45, 2.75) is 26.0 Å². The van der Waals surface area contributed by atoms with Gasteiger partial charge < -0.3 is 15.0 Å². The number of ether oxygens (including phenoxy) is 1. The van der Waals surface area contributed by atoms with Crippen molar-refractivity contribution in [2.75, 3.05) is 6.54 Å². The molecule has 0 saturated carbocycles. The molecule has 1 atom stereocenters. The molecule has 28 heavy (non-hydrogen) atoms. The molecule has 5 nitrogen and oxygen atoms in total. The average molecular weight is 370 g/mol. The lowest BCUT2D eigenvalue weighted by Crippen LogP contribution is -2.27. The van der Waals surface area contributed by atoms with Crippen LogP contribution in [0.3, 0.4) is 0 Å². The first-order chi connectivity index (χ1) is 13.8. The molecule has 2 aromatic heterocycles. The number of nitrogens with one attached hydrogen (secondary N) is 2. The molecule has 3 heterocycles. The van der Waals surface area contributed by atoms with Crippen LogP contribution in [-0.4, -0.2) is 21.7 Å². The Kier molecular flexibility index (Phi) is 4.29. The van der Waals surface area contributed by atoms with E-state index in [4.69, 9.17) is 4.74 Å². The number of H-pyrrole nitrogens is 1. The highest BCUT2D eigenvalue weighted by Crippen LogP contribution is 2.34. The molecule has 0 spiro atoms. The Morgan fingerprint density at radius 2 is 1.86 bits per heavy atom. The zero-order chi connectivity index (χ0) is 18.9. The Labute approximate surface area is 163 Å². The van der Waals surface area contributed by atoms with Gasteiger partial charge in [-0.3, -0.25) is 0 Å². The molecule has 1 aliphatic heterocycles. The van der Waals surface area contributed by atoms with E-state index in [1.807, 2.05) is 42.5 Å². The Bertz CT molecular complexity index is 1120. The summed E-state index contributed by atoms with van der Waals surface area (Å²) in [5.74, 6) is 0.815. The second-order valence-electron chi connectivity index (χ2n) is 7.21. The van der Waals surface area contributed by atoms with Crippen LogP contribution < -0.4 is 10.1 Å². The lowest BCUT2D eigenvalue weighted by atomic mass is 9.99. The van der Waals surface area contributed by atoms with Crippen molar-refractivity contribution in [3.05, 3.63) is 77.5 Å². The van der Waals surface area contributed by atoms with Crippen LogP contribution in [0.4, 0.5) is 0 Å². The van der Waals surface area contributed by atoms with Crippen LogP contribution in [0.15, 0.2) is 60.7 Å². The highest BCUT2D eigenvalue weighted by atomic mass is 16.5. The highest BCUT2D eigenvalue weighted by molar-refractivity contribution is 5.86. The van der Waals surface area contributed by atoms with Crippen molar-refractivity contribution in [1.82, 2.24) is 20.5 Å². The van der Waals surface area contributed by atoms with Crippen molar-refractivity contribution in [3.8, 4) is 17.0 Å². The third kappa shape index (κ3) is 3.04. The largest absolute Gasteiger partial charge is 0.488 e. The SMILES string of the molecule is C[C@H]1NCCc2[nH]c3nnc(-c4ccccc4OCc4ccccc4)cc3c21. The third-order valence-corrected chi connectivity index (χ3v) is 5.34. The summed E-state index contributed by atoms with van der Waals surface area (Å²) in [6.45, 7) is 3.70. The molecular weight excluding hydrogens is 348 g/mol. The zero-order valence-corrected chi connectivity index (χ0v) is 15.8. The van der Waals surface area contributed by atoms with E-state index in [1.165, 1.54) is 11.3 Å². The number of rotatable bonds is 4. The van der Waals surface area contributed by atoms with Crippen molar-refractivity contribution in [2.24, 2.45) is 0 Å². The van der Waals surface area contributed by atoms with Gasteiger partial charge in [0.2, 0.25) is 0 Å². The number of aromatic amines is 1. The standard InChI is InChI=1S/C23H22N4O/c1-15-22-18-13-20(26-27-23(18)25-19(22)11-12-24-15)17-9-5-6-10-21(17)28-14-16-7-3-2-4-8-16/h2-10,13,15,24H,11-12,14H2,1H3,(H,25,27)/t15-/m1/s1. The van der Waals surface area contributed by atoms with Crippen LogP contribution in [0.1, 0.15) is 29.8 Å². The van der Waals surface area contributed by atoms with Crippen molar-refractivity contribution >= 4 is 11.0 Å². The van der Waals surface area contributed by atoms with Gasteiger partial charge in [0.05, 0.1) is 5.69 Å². The van der Waals surface area contributed by atoms with E-state index in [0.717, 1.165) is 46.6 Å². The highest BCUT2D eigenvalue weighted by Gasteiger charge is 2.22. The maximum absolute atomic E-state index is 6.12. The van der Waals surface area contributed by atoms with E-state index in [-0.39, 0.29) is 0 Å². The number of fused-ring (bicyclic) bond motifs is 3. The Morgan fingerprint density at radius 1 is 1.04 bits per heavy atom. The number of aromatic nitrogens is 3. The van der Waals surface area contributed by atoms with Gasteiger partial charge in [0.1, 0.15) is 12.4 Å². The summed E-state index contributed by atoms with van der Waals surface area (Å²) >= 11 is 0. The van der Waals surface area contributed by atoms with Crippen LogP contribution in [0.5, 0.6) is 5.75 Å². The fourth-order valence-electron chi connectivity index (χ4n) is 3.94. The first-order valence-corrected chi connectivity index (χ1v) is 9.67. The molecule has 1 aliphatic rings. The van der Waals surface area contributed by atoms with Crippen molar-refractivity contribution in [1.29, 1.82) is 0 Å². The molecule has 0 aliphatic carbocycles. The number of hydrogen-bond donors (Lipinski definition) is 2. The van der Waals surface area contributed by atoms with Crippen molar-refractivity contribution < 1.29 is 4.74 Å². The molecular formula is C23H22N4O. The van der Waals surface area contributed by atoms with Gasteiger partial charge in [-0.05, 0) is 36.2 Å². The van der Waals surface area contributed by atoms with Gasteiger partial charge >= 0.3 is 0 Å². The van der Waals surface area contributed by atoms with E-state index in [2.05, 4.69) is 45.6 Å². The summed E-state index contributed by atoms with van der Waals surface area (Å²) in [7, 11) is 0. The monoisotopic (exact) mass is 370 g/mol. The molecule has 0 amide bonds. The number of benzene rings is 2. The first-order valence-electron chi connectivity index (χ1n) is 9.67. The fraction of sp³-hybridized carbons (Fsp3) is 0.217. The Hall–Kier alpha value is -3.18. The normalized spacial score (nSPS) is 16.1. The predicted octanol–water partition coefficient (Wildman–Crippen LogP) is 4.41. The topological polar surface area (TPSA) is 62.8 Å². The number of hydrogen-bond acceptors (Lipinski definition) is 4. The zero-order valence-electron chi connectivity index (χ0n) is 15.8.